The fraction of sp³-hybridized carbons (Fsp3) is 0.296. The van der Waals surface area contributed by atoms with Crippen molar-refractivity contribution < 1.29 is 33.3 Å². The number of nitrogens with one attached hydrogen (secondary N) is 1. The first-order valence-electron chi connectivity index (χ1n) is 22.1. The number of methoxy groups -OCH3 is 1. The van der Waals surface area contributed by atoms with Gasteiger partial charge in [0.15, 0.2) is 11.5 Å². The molecular weight excluding hydrogens is 835 g/mol. The third kappa shape index (κ3) is 11.6. The maximum atomic E-state index is 13.6. The summed E-state index contributed by atoms with van der Waals surface area (Å²) in [5.41, 5.74) is 9.77. The minimum absolute atomic E-state index is 0.0921. The summed E-state index contributed by atoms with van der Waals surface area (Å²) in [7, 11) is 3.54. The van der Waals surface area contributed by atoms with E-state index in [9.17, 15) is 9.59 Å². The lowest BCUT2D eigenvalue weighted by Gasteiger charge is -2.18. The van der Waals surface area contributed by atoms with Gasteiger partial charge in [0, 0.05) is 57.7 Å². The van der Waals surface area contributed by atoms with Gasteiger partial charge in [-0.25, -0.2) is 4.79 Å². The van der Waals surface area contributed by atoms with Gasteiger partial charge in [0.2, 0.25) is 5.91 Å². The predicted octanol–water partition coefficient (Wildman–Crippen LogP) is 11.2. The van der Waals surface area contributed by atoms with Crippen LogP contribution < -0.4 is 24.3 Å². The smallest absolute Gasteiger partial charge is 0.339 e. The van der Waals surface area contributed by atoms with Crippen molar-refractivity contribution in [2.24, 2.45) is 0 Å². The van der Waals surface area contributed by atoms with E-state index in [1.54, 1.807) is 18.9 Å². The zero-order valence-corrected chi connectivity index (χ0v) is 39.3. The van der Waals surface area contributed by atoms with Crippen LogP contribution in [0.5, 0.6) is 23.0 Å². The van der Waals surface area contributed by atoms with Gasteiger partial charge in [0.25, 0.3) is 0 Å². The molecule has 0 bridgehead atoms. The highest BCUT2D eigenvalue weighted by Gasteiger charge is 2.17. The summed E-state index contributed by atoms with van der Waals surface area (Å²) in [6.07, 6.45) is 0.549. The molecule has 7 aromatic rings. The number of likely N-dealkylation sites (N-methyl/N-ethyl adjacent to an activating group) is 1. The van der Waals surface area contributed by atoms with E-state index in [2.05, 4.69) is 47.1 Å². The Bertz CT molecular complexity index is 2740. The molecule has 0 spiro atoms. The van der Waals surface area contributed by atoms with Crippen LogP contribution in [-0.4, -0.2) is 74.2 Å². The molecule has 0 saturated heterocycles. The fourth-order valence-corrected chi connectivity index (χ4v) is 9.07. The van der Waals surface area contributed by atoms with Crippen LogP contribution in [0.4, 0.5) is 5.69 Å². The van der Waals surface area contributed by atoms with Crippen molar-refractivity contribution in [3.05, 3.63) is 154 Å². The van der Waals surface area contributed by atoms with Crippen molar-refractivity contribution in [3.63, 3.8) is 0 Å². The zero-order chi connectivity index (χ0) is 45.9. The topological polar surface area (TPSA) is 100 Å². The molecule has 0 saturated carbocycles. The summed E-state index contributed by atoms with van der Waals surface area (Å²) in [6, 6.07) is 38.3. The van der Waals surface area contributed by atoms with Gasteiger partial charge in [-0.05, 0) is 124 Å². The Morgan fingerprint density at radius 1 is 0.662 bits per heavy atom. The Labute approximate surface area is 386 Å². The molecule has 7 rings (SSSR count). The molecule has 6 aromatic carbocycles. The number of nitrogens with zero attached hydrogens (tertiary/aromatic N) is 2. The lowest BCUT2D eigenvalue weighted by molar-refractivity contribution is -0.117. The molecule has 338 valence electrons. The van der Waals surface area contributed by atoms with E-state index in [1.807, 2.05) is 125 Å². The van der Waals surface area contributed by atoms with E-state index >= 15 is 0 Å². The first-order chi connectivity index (χ1) is 31.5. The largest absolute Gasteiger partial charge is 0.493 e. The first kappa shape index (κ1) is 46.6. The molecule has 1 heterocycles. The number of para-hydroxylation sites is 3. The second kappa shape index (κ2) is 22.0. The van der Waals surface area contributed by atoms with Crippen LogP contribution in [0.3, 0.4) is 0 Å². The number of carbonyl (C=O) groups excluding carboxylic acids is 2. The number of ether oxygens (including phenoxy) is 5. The van der Waals surface area contributed by atoms with Crippen LogP contribution >= 0.6 is 11.8 Å². The summed E-state index contributed by atoms with van der Waals surface area (Å²) < 4.78 is 32.2. The SMILES string of the molecule is CCn1c2ccccc2c2cc(NC(=O)CN(C)Cc3ccc(OCCc4ccc(SCCOc5c(C)cccc5C)c(C(=O)OCCOc5c(C)cccc5C)c4)c(OC)c3)ccc21. The van der Waals surface area contributed by atoms with Gasteiger partial charge in [0.05, 0.1) is 32.4 Å². The maximum Gasteiger partial charge on any atom is 0.339 e. The molecule has 65 heavy (non-hydrogen) atoms. The molecular formula is C54H59N3O7S. The third-order valence-corrected chi connectivity index (χ3v) is 12.4. The number of benzene rings is 6. The molecule has 1 N–H and O–H groups in total. The summed E-state index contributed by atoms with van der Waals surface area (Å²) >= 11 is 1.56. The molecule has 0 aliphatic heterocycles. The highest BCUT2D eigenvalue weighted by Crippen LogP contribution is 2.33. The Balaban J connectivity index is 0.940. The number of hydrogen-bond acceptors (Lipinski definition) is 9. The molecule has 0 fully saturated rings. The molecule has 0 radical (unpaired) electrons. The normalized spacial score (nSPS) is 11.3. The van der Waals surface area contributed by atoms with Crippen LogP contribution in [0.25, 0.3) is 21.8 Å². The van der Waals surface area contributed by atoms with Crippen molar-refractivity contribution in [1.82, 2.24) is 9.47 Å². The Morgan fingerprint density at radius 2 is 1.34 bits per heavy atom. The minimum atomic E-state index is -0.409. The predicted molar refractivity (Wildman–Crippen MR) is 263 cm³/mol. The van der Waals surface area contributed by atoms with Crippen molar-refractivity contribution in [2.75, 3.05) is 58.2 Å². The van der Waals surface area contributed by atoms with Crippen LogP contribution in [-0.2, 0) is 29.0 Å². The summed E-state index contributed by atoms with van der Waals surface area (Å²) in [5, 5.41) is 5.39. The monoisotopic (exact) mass is 893 g/mol. The van der Waals surface area contributed by atoms with E-state index in [4.69, 9.17) is 23.7 Å². The number of carbonyl (C=O) groups is 2. The second-order valence-corrected chi connectivity index (χ2v) is 17.4. The van der Waals surface area contributed by atoms with Gasteiger partial charge in [0.1, 0.15) is 24.7 Å². The molecule has 0 aliphatic rings. The average Bonchev–Trinajstić information content (AvgIpc) is 3.61. The lowest BCUT2D eigenvalue weighted by Crippen LogP contribution is -2.29. The first-order valence-corrected chi connectivity index (χ1v) is 23.1. The van der Waals surface area contributed by atoms with Gasteiger partial charge in [-0.1, -0.05) is 66.7 Å². The number of rotatable bonds is 21. The standard InChI is InChI=1S/C54H59N3O7S/c1-8-57-46-18-10-9-17-43(46)44-33-42(21-22-47(44)57)55-51(58)35-56(6)34-41-19-23-48(49(32-41)60-7)61-26-25-40-20-24-50(65-30-29-63-53-38(4)15-12-16-39(53)5)45(31-40)54(59)64-28-27-62-52-36(2)13-11-14-37(52)3/h9-24,31-33H,8,25-30,34-35H2,1-7H3,(H,55,58). The van der Waals surface area contributed by atoms with Gasteiger partial charge < -0.3 is 33.6 Å². The lowest BCUT2D eigenvalue weighted by atomic mass is 10.1. The molecule has 10 nitrogen and oxygen atoms in total. The van der Waals surface area contributed by atoms with Crippen molar-refractivity contribution >= 4 is 51.1 Å². The van der Waals surface area contributed by atoms with E-state index in [-0.39, 0.29) is 25.7 Å². The minimum Gasteiger partial charge on any atom is -0.493 e. The number of aryl methyl sites for hydroxylation is 5. The number of aromatic nitrogens is 1. The number of anilines is 1. The quantitative estimate of drug-likeness (QED) is 0.0429. The van der Waals surface area contributed by atoms with E-state index in [1.165, 1.54) is 10.9 Å². The highest BCUT2D eigenvalue weighted by atomic mass is 32.2. The number of esters is 1. The van der Waals surface area contributed by atoms with Gasteiger partial charge in [-0.15, -0.1) is 11.8 Å². The molecule has 1 aromatic heterocycles. The van der Waals surface area contributed by atoms with Gasteiger partial charge in [-0.2, -0.15) is 0 Å². The van der Waals surface area contributed by atoms with Gasteiger partial charge in [-0.3, -0.25) is 9.69 Å². The Kier molecular flexibility index (Phi) is 15.7. The molecule has 0 atom stereocenters. The fourth-order valence-electron chi connectivity index (χ4n) is 8.22. The number of fused-ring (bicyclic) bond motifs is 3. The summed E-state index contributed by atoms with van der Waals surface area (Å²) in [5.74, 6) is 3.06. The van der Waals surface area contributed by atoms with E-state index in [0.29, 0.717) is 49.0 Å². The number of amides is 1. The van der Waals surface area contributed by atoms with Gasteiger partial charge >= 0.3 is 5.97 Å². The van der Waals surface area contributed by atoms with Crippen LogP contribution in [0.15, 0.2) is 120 Å². The molecule has 11 heteroatoms. The molecule has 0 unspecified atom stereocenters. The molecule has 1 amide bonds. The number of thioether (sulfide) groups is 1. The van der Waals surface area contributed by atoms with E-state index < -0.39 is 5.97 Å². The van der Waals surface area contributed by atoms with Crippen LogP contribution in [0.1, 0.15) is 50.7 Å². The van der Waals surface area contributed by atoms with E-state index in [0.717, 1.165) is 72.9 Å². The molecule has 0 aliphatic carbocycles. The summed E-state index contributed by atoms with van der Waals surface area (Å²) in [6.45, 7) is 13.0. The number of hydrogen-bond donors (Lipinski definition) is 1. The summed E-state index contributed by atoms with van der Waals surface area (Å²) in [4.78, 5) is 29.6. The second-order valence-electron chi connectivity index (χ2n) is 16.3. The average molecular weight is 894 g/mol. The van der Waals surface area contributed by atoms with Crippen LogP contribution in [0, 0.1) is 27.7 Å². The Morgan fingerprint density at radius 3 is 2.05 bits per heavy atom. The zero-order valence-electron chi connectivity index (χ0n) is 38.5. The van der Waals surface area contributed by atoms with Crippen molar-refractivity contribution in [2.45, 2.75) is 59.0 Å². The van der Waals surface area contributed by atoms with Crippen molar-refractivity contribution in [1.29, 1.82) is 0 Å². The highest BCUT2D eigenvalue weighted by molar-refractivity contribution is 7.99. The van der Waals surface area contributed by atoms with Crippen molar-refractivity contribution in [3.8, 4) is 23.0 Å². The third-order valence-electron chi connectivity index (χ3n) is 11.3. The maximum absolute atomic E-state index is 13.6. The Hall–Kier alpha value is -6.43. The van der Waals surface area contributed by atoms with Crippen LogP contribution in [0.2, 0.25) is 0 Å².